The third kappa shape index (κ3) is 2.99. The number of hydrogen-bond acceptors (Lipinski definition) is 3. The molecule has 0 aromatic heterocycles. The second kappa shape index (κ2) is 4.18. The number of amides is 1. The van der Waals surface area contributed by atoms with E-state index in [4.69, 9.17) is 5.73 Å². The lowest BCUT2D eigenvalue weighted by molar-refractivity contribution is 0.267. The molecule has 1 aromatic rings. The SMILES string of the molecule is CN(C)c1ccc(SC(N)=O)cc1. The third-order valence-corrected chi connectivity index (χ3v) is 2.28. The summed E-state index contributed by atoms with van der Waals surface area (Å²) >= 11 is 1.04. The zero-order chi connectivity index (χ0) is 9.84. The summed E-state index contributed by atoms with van der Waals surface area (Å²) in [5.74, 6) is 0. The van der Waals surface area contributed by atoms with Crippen molar-refractivity contribution in [3.63, 3.8) is 0 Å². The van der Waals surface area contributed by atoms with Crippen LogP contribution in [0.25, 0.3) is 0 Å². The number of carbonyl (C=O) groups is 1. The first kappa shape index (κ1) is 9.92. The lowest BCUT2D eigenvalue weighted by Gasteiger charge is -2.11. The number of anilines is 1. The molecule has 1 aromatic carbocycles. The van der Waals surface area contributed by atoms with Crippen LogP contribution in [0.2, 0.25) is 0 Å². The van der Waals surface area contributed by atoms with Crippen molar-refractivity contribution in [1.82, 2.24) is 0 Å². The van der Waals surface area contributed by atoms with Gasteiger partial charge < -0.3 is 10.6 Å². The molecule has 0 bridgehead atoms. The minimum Gasteiger partial charge on any atom is -0.378 e. The minimum absolute atomic E-state index is 0.377. The van der Waals surface area contributed by atoms with Gasteiger partial charge in [0.1, 0.15) is 0 Å². The Morgan fingerprint density at radius 3 is 2.23 bits per heavy atom. The number of primary amides is 1. The van der Waals surface area contributed by atoms with Crippen molar-refractivity contribution in [3.05, 3.63) is 24.3 Å². The summed E-state index contributed by atoms with van der Waals surface area (Å²) in [6, 6.07) is 7.66. The van der Waals surface area contributed by atoms with Crippen LogP contribution in [0.4, 0.5) is 10.5 Å². The van der Waals surface area contributed by atoms with Crippen molar-refractivity contribution in [2.75, 3.05) is 19.0 Å². The van der Waals surface area contributed by atoms with E-state index in [0.717, 1.165) is 22.3 Å². The van der Waals surface area contributed by atoms with E-state index in [1.165, 1.54) is 0 Å². The number of nitrogens with two attached hydrogens (primary N) is 1. The Hall–Kier alpha value is -1.16. The molecule has 1 rings (SSSR count). The summed E-state index contributed by atoms with van der Waals surface area (Å²) in [5, 5.41) is -0.377. The van der Waals surface area contributed by atoms with E-state index in [2.05, 4.69) is 0 Å². The normalized spacial score (nSPS) is 9.69. The van der Waals surface area contributed by atoms with Crippen molar-refractivity contribution < 1.29 is 4.79 Å². The first-order chi connectivity index (χ1) is 6.09. The van der Waals surface area contributed by atoms with Crippen LogP contribution in [0.3, 0.4) is 0 Å². The van der Waals surface area contributed by atoms with E-state index in [0.29, 0.717) is 0 Å². The molecule has 1 amide bonds. The molecule has 0 aliphatic carbocycles. The van der Waals surface area contributed by atoms with Crippen LogP contribution in [-0.4, -0.2) is 19.3 Å². The monoisotopic (exact) mass is 196 g/mol. The molecule has 0 saturated heterocycles. The number of thioether (sulfide) groups is 1. The molecule has 70 valence electrons. The Labute approximate surface area is 81.9 Å². The second-order valence-electron chi connectivity index (χ2n) is 2.81. The fourth-order valence-corrected chi connectivity index (χ4v) is 1.43. The molecule has 0 aliphatic rings. The fourth-order valence-electron chi connectivity index (χ4n) is 0.928. The van der Waals surface area contributed by atoms with Gasteiger partial charge in [-0.3, -0.25) is 4.79 Å². The minimum atomic E-state index is -0.377. The van der Waals surface area contributed by atoms with E-state index >= 15 is 0 Å². The maximum absolute atomic E-state index is 10.6. The van der Waals surface area contributed by atoms with E-state index in [1.54, 1.807) is 0 Å². The predicted octanol–water partition coefficient (Wildman–Crippen LogP) is 1.92. The maximum Gasteiger partial charge on any atom is 0.281 e. The molecule has 0 heterocycles. The topological polar surface area (TPSA) is 46.3 Å². The molecule has 0 spiro atoms. The van der Waals surface area contributed by atoms with Gasteiger partial charge in [-0.2, -0.15) is 0 Å². The average molecular weight is 196 g/mol. The predicted molar refractivity (Wildman–Crippen MR) is 56.2 cm³/mol. The smallest absolute Gasteiger partial charge is 0.281 e. The summed E-state index contributed by atoms with van der Waals surface area (Å²) in [5.41, 5.74) is 6.14. The van der Waals surface area contributed by atoms with Crippen molar-refractivity contribution >= 4 is 22.7 Å². The lowest BCUT2D eigenvalue weighted by Crippen LogP contribution is -2.08. The molecule has 0 fully saturated rings. The van der Waals surface area contributed by atoms with Gasteiger partial charge in [0.25, 0.3) is 5.24 Å². The number of carbonyl (C=O) groups excluding carboxylic acids is 1. The van der Waals surface area contributed by atoms with Gasteiger partial charge in [0.05, 0.1) is 0 Å². The third-order valence-electron chi connectivity index (χ3n) is 1.57. The summed E-state index contributed by atoms with van der Waals surface area (Å²) in [6.45, 7) is 0. The molecule has 2 N–H and O–H groups in total. The van der Waals surface area contributed by atoms with Crippen LogP contribution in [0.5, 0.6) is 0 Å². The number of benzene rings is 1. The molecule has 0 unspecified atom stereocenters. The van der Waals surface area contributed by atoms with Gasteiger partial charge in [-0.25, -0.2) is 0 Å². The molecule has 0 radical (unpaired) electrons. The molecule has 3 nitrogen and oxygen atoms in total. The van der Waals surface area contributed by atoms with Crippen LogP contribution in [-0.2, 0) is 0 Å². The van der Waals surface area contributed by atoms with Gasteiger partial charge >= 0.3 is 0 Å². The summed E-state index contributed by atoms with van der Waals surface area (Å²) < 4.78 is 0. The zero-order valence-corrected chi connectivity index (χ0v) is 8.47. The van der Waals surface area contributed by atoms with E-state index in [1.807, 2.05) is 43.3 Å². The average Bonchev–Trinajstić information content (AvgIpc) is 2.04. The molecular formula is C9H12N2OS. The molecule has 0 aliphatic heterocycles. The Morgan fingerprint density at radius 2 is 1.85 bits per heavy atom. The molecule has 0 atom stereocenters. The lowest BCUT2D eigenvalue weighted by atomic mass is 10.3. The fraction of sp³-hybridized carbons (Fsp3) is 0.222. The Kier molecular flexibility index (Phi) is 3.19. The molecule has 13 heavy (non-hydrogen) atoms. The highest BCUT2D eigenvalue weighted by Crippen LogP contribution is 2.20. The summed E-state index contributed by atoms with van der Waals surface area (Å²) in [4.78, 5) is 13.4. The maximum atomic E-state index is 10.6. The van der Waals surface area contributed by atoms with Crippen LogP contribution in [0.1, 0.15) is 0 Å². The Morgan fingerprint density at radius 1 is 1.31 bits per heavy atom. The van der Waals surface area contributed by atoms with E-state index < -0.39 is 0 Å². The number of nitrogens with zero attached hydrogens (tertiary/aromatic N) is 1. The largest absolute Gasteiger partial charge is 0.378 e. The molecular weight excluding hydrogens is 184 g/mol. The van der Waals surface area contributed by atoms with Crippen molar-refractivity contribution in [1.29, 1.82) is 0 Å². The molecule has 4 heteroatoms. The van der Waals surface area contributed by atoms with Crippen LogP contribution < -0.4 is 10.6 Å². The van der Waals surface area contributed by atoms with E-state index in [9.17, 15) is 4.79 Å². The van der Waals surface area contributed by atoms with Gasteiger partial charge in [-0.1, -0.05) is 0 Å². The van der Waals surface area contributed by atoms with Gasteiger partial charge in [-0.05, 0) is 36.0 Å². The Balaban J connectivity index is 2.75. The first-order valence-electron chi connectivity index (χ1n) is 3.84. The second-order valence-corrected chi connectivity index (χ2v) is 3.89. The van der Waals surface area contributed by atoms with Crippen molar-refractivity contribution in [2.45, 2.75) is 4.90 Å². The molecule has 0 saturated carbocycles. The Bertz CT molecular complexity index is 295. The quantitative estimate of drug-likeness (QED) is 0.735. The number of hydrogen-bond donors (Lipinski definition) is 1. The zero-order valence-electron chi connectivity index (χ0n) is 7.65. The van der Waals surface area contributed by atoms with Crippen molar-refractivity contribution in [3.8, 4) is 0 Å². The summed E-state index contributed by atoms with van der Waals surface area (Å²) in [6.07, 6.45) is 0. The highest BCUT2D eigenvalue weighted by atomic mass is 32.2. The van der Waals surface area contributed by atoms with Crippen LogP contribution >= 0.6 is 11.8 Å². The van der Waals surface area contributed by atoms with Crippen molar-refractivity contribution in [2.24, 2.45) is 5.73 Å². The number of rotatable bonds is 2. The highest BCUT2D eigenvalue weighted by Gasteiger charge is 1.99. The van der Waals surface area contributed by atoms with Gasteiger partial charge in [0.15, 0.2) is 0 Å². The summed E-state index contributed by atoms with van der Waals surface area (Å²) in [7, 11) is 3.94. The highest BCUT2D eigenvalue weighted by molar-refractivity contribution is 8.13. The van der Waals surface area contributed by atoms with Gasteiger partial charge in [0, 0.05) is 24.7 Å². The first-order valence-corrected chi connectivity index (χ1v) is 4.66. The van der Waals surface area contributed by atoms with Crippen LogP contribution in [0.15, 0.2) is 29.2 Å². The van der Waals surface area contributed by atoms with E-state index in [-0.39, 0.29) is 5.24 Å². The standard InChI is InChI=1S/C9H12N2OS/c1-11(2)7-3-5-8(6-4-7)13-9(10)12/h3-6H,1-2H3,(H2,10,12). The van der Waals surface area contributed by atoms with Gasteiger partial charge in [0.2, 0.25) is 0 Å². The van der Waals surface area contributed by atoms with Crippen LogP contribution in [0, 0.1) is 0 Å². The van der Waals surface area contributed by atoms with Gasteiger partial charge in [-0.15, -0.1) is 0 Å².